The Morgan fingerprint density at radius 1 is 1.17 bits per heavy atom. The number of methoxy groups -OCH3 is 2. The highest BCUT2D eigenvalue weighted by Crippen LogP contribution is 2.28. The van der Waals surface area contributed by atoms with Crippen molar-refractivity contribution in [2.75, 3.05) is 20.8 Å². The highest BCUT2D eigenvalue weighted by Gasteiger charge is 2.17. The number of hydrogen-bond acceptors (Lipinski definition) is 5. The summed E-state index contributed by atoms with van der Waals surface area (Å²) in [5, 5.41) is 4.01. The molecule has 2 aromatic rings. The van der Waals surface area contributed by atoms with E-state index < -0.39 is 0 Å². The van der Waals surface area contributed by atoms with E-state index in [0.29, 0.717) is 24.6 Å². The quantitative estimate of drug-likeness (QED) is 0.801. The Labute approximate surface area is 140 Å². The van der Waals surface area contributed by atoms with Crippen molar-refractivity contribution in [3.8, 4) is 11.5 Å². The Hall–Kier alpha value is -2.83. The average Bonchev–Trinajstić information content (AvgIpc) is 2.61. The third kappa shape index (κ3) is 3.73. The summed E-state index contributed by atoms with van der Waals surface area (Å²) >= 11 is 0. The van der Waals surface area contributed by atoms with Crippen LogP contribution in [0.1, 0.15) is 23.0 Å². The van der Waals surface area contributed by atoms with Gasteiger partial charge in [-0.1, -0.05) is 6.07 Å². The van der Waals surface area contributed by atoms with E-state index in [1.54, 1.807) is 25.2 Å². The summed E-state index contributed by atoms with van der Waals surface area (Å²) in [6.45, 7) is 2.80. The first kappa shape index (κ1) is 17.5. The maximum atomic E-state index is 12.6. The molecule has 0 atom stereocenters. The van der Waals surface area contributed by atoms with Gasteiger partial charge in [0.25, 0.3) is 11.5 Å². The van der Waals surface area contributed by atoms with Crippen LogP contribution in [0, 0.1) is 0 Å². The number of carbonyl (C=O) groups excluding carboxylic acids is 1. The lowest BCUT2D eigenvalue weighted by Gasteiger charge is -2.21. The molecule has 1 aromatic heterocycles. The first-order valence-electron chi connectivity index (χ1n) is 7.54. The van der Waals surface area contributed by atoms with Crippen molar-refractivity contribution < 1.29 is 14.3 Å². The van der Waals surface area contributed by atoms with Gasteiger partial charge in [0.15, 0.2) is 11.5 Å². The molecule has 7 nitrogen and oxygen atoms in total. The number of amides is 1. The lowest BCUT2D eigenvalue weighted by Crippen LogP contribution is -2.33. The zero-order chi connectivity index (χ0) is 17.7. The Morgan fingerprint density at radius 2 is 1.88 bits per heavy atom. The summed E-state index contributed by atoms with van der Waals surface area (Å²) in [5.74, 6) is 1.01. The van der Waals surface area contributed by atoms with Crippen molar-refractivity contribution >= 4 is 5.91 Å². The van der Waals surface area contributed by atoms with Crippen LogP contribution in [-0.4, -0.2) is 41.4 Å². The summed E-state index contributed by atoms with van der Waals surface area (Å²) < 4.78 is 11.7. The zero-order valence-corrected chi connectivity index (χ0v) is 14.3. The molecule has 0 N–H and O–H groups in total. The lowest BCUT2D eigenvalue weighted by molar-refractivity contribution is 0.0744. The largest absolute Gasteiger partial charge is 0.493 e. The van der Waals surface area contributed by atoms with Crippen LogP contribution < -0.4 is 15.0 Å². The molecule has 7 heteroatoms. The Kier molecular flexibility index (Phi) is 5.57. The normalized spacial score (nSPS) is 10.3. The van der Waals surface area contributed by atoms with Crippen LogP contribution in [0.4, 0.5) is 0 Å². The number of ether oxygens (including phenoxy) is 2. The van der Waals surface area contributed by atoms with E-state index in [2.05, 4.69) is 5.10 Å². The van der Waals surface area contributed by atoms with Gasteiger partial charge in [-0.2, -0.15) is 5.10 Å². The van der Waals surface area contributed by atoms with Gasteiger partial charge in [0, 0.05) is 26.2 Å². The average molecular weight is 331 g/mol. The summed E-state index contributed by atoms with van der Waals surface area (Å²) in [6.07, 6.45) is 0. The monoisotopic (exact) mass is 331 g/mol. The van der Waals surface area contributed by atoms with Gasteiger partial charge < -0.3 is 14.4 Å². The number of hydrogen-bond donors (Lipinski definition) is 0. The molecular weight excluding hydrogens is 310 g/mol. The number of nitrogens with zero attached hydrogens (tertiary/aromatic N) is 3. The molecule has 0 aliphatic rings. The van der Waals surface area contributed by atoms with Crippen LogP contribution in [0.2, 0.25) is 0 Å². The standard InChI is InChI=1S/C17H21N3O4/c1-5-20(17(22)13-7-9-16(21)19(2)18-13)11-12-6-8-14(23-3)15(10-12)24-4/h6-10H,5,11H2,1-4H3. The van der Waals surface area contributed by atoms with Crippen LogP contribution in [0.15, 0.2) is 35.1 Å². The number of rotatable bonds is 6. The number of aromatic nitrogens is 2. The highest BCUT2D eigenvalue weighted by molar-refractivity contribution is 5.92. The lowest BCUT2D eigenvalue weighted by atomic mass is 10.1. The van der Waals surface area contributed by atoms with Crippen LogP contribution in [-0.2, 0) is 13.6 Å². The molecule has 1 aromatic carbocycles. The van der Waals surface area contributed by atoms with Crippen molar-refractivity contribution in [2.45, 2.75) is 13.5 Å². The van der Waals surface area contributed by atoms with Crippen LogP contribution in [0.5, 0.6) is 11.5 Å². The van der Waals surface area contributed by atoms with Gasteiger partial charge in [0.1, 0.15) is 5.69 Å². The number of aryl methyl sites for hydroxylation is 1. The SMILES string of the molecule is CCN(Cc1ccc(OC)c(OC)c1)C(=O)c1ccc(=O)n(C)n1. The van der Waals surface area contributed by atoms with Crippen LogP contribution in [0.3, 0.4) is 0 Å². The molecule has 0 bridgehead atoms. The first-order chi connectivity index (χ1) is 11.5. The summed E-state index contributed by atoms with van der Waals surface area (Å²) in [6, 6.07) is 8.30. The van der Waals surface area contributed by atoms with E-state index in [-0.39, 0.29) is 17.2 Å². The van der Waals surface area contributed by atoms with Gasteiger partial charge >= 0.3 is 0 Å². The molecule has 0 saturated heterocycles. The predicted octanol–water partition coefficient (Wildman–Crippen LogP) is 1.46. The van der Waals surface area contributed by atoms with E-state index in [9.17, 15) is 9.59 Å². The third-order valence-electron chi connectivity index (χ3n) is 3.67. The van der Waals surface area contributed by atoms with Crippen molar-refractivity contribution in [3.05, 3.63) is 51.9 Å². The molecule has 0 saturated carbocycles. The van der Waals surface area contributed by atoms with Gasteiger partial charge in [-0.25, -0.2) is 4.68 Å². The second-order valence-electron chi connectivity index (χ2n) is 5.19. The maximum absolute atomic E-state index is 12.6. The molecule has 24 heavy (non-hydrogen) atoms. The summed E-state index contributed by atoms with van der Waals surface area (Å²) in [4.78, 5) is 25.7. The highest BCUT2D eigenvalue weighted by atomic mass is 16.5. The number of carbonyl (C=O) groups is 1. The second-order valence-corrected chi connectivity index (χ2v) is 5.19. The fourth-order valence-corrected chi connectivity index (χ4v) is 2.30. The third-order valence-corrected chi connectivity index (χ3v) is 3.67. The minimum atomic E-state index is -0.255. The van der Waals surface area contributed by atoms with Gasteiger partial charge in [-0.15, -0.1) is 0 Å². The number of benzene rings is 1. The van der Waals surface area contributed by atoms with Gasteiger partial charge in [0.2, 0.25) is 0 Å². The Morgan fingerprint density at radius 3 is 2.46 bits per heavy atom. The van der Waals surface area contributed by atoms with Crippen molar-refractivity contribution in [1.29, 1.82) is 0 Å². The zero-order valence-electron chi connectivity index (χ0n) is 14.3. The predicted molar refractivity (Wildman–Crippen MR) is 89.4 cm³/mol. The molecule has 0 fully saturated rings. The van der Waals surface area contributed by atoms with E-state index in [0.717, 1.165) is 10.2 Å². The smallest absolute Gasteiger partial charge is 0.274 e. The van der Waals surface area contributed by atoms with E-state index in [1.165, 1.54) is 19.2 Å². The maximum Gasteiger partial charge on any atom is 0.274 e. The van der Waals surface area contributed by atoms with Crippen LogP contribution >= 0.6 is 0 Å². The molecule has 1 heterocycles. The topological polar surface area (TPSA) is 73.7 Å². The van der Waals surface area contributed by atoms with Crippen LogP contribution in [0.25, 0.3) is 0 Å². The molecule has 0 aliphatic carbocycles. The van der Waals surface area contributed by atoms with Gasteiger partial charge in [0.05, 0.1) is 14.2 Å². The van der Waals surface area contributed by atoms with E-state index in [1.807, 2.05) is 19.1 Å². The summed E-state index contributed by atoms with van der Waals surface area (Å²) in [5.41, 5.74) is 0.890. The first-order valence-corrected chi connectivity index (χ1v) is 7.54. The Balaban J connectivity index is 2.23. The van der Waals surface area contributed by atoms with Gasteiger partial charge in [-0.3, -0.25) is 9.59 Å². The molecule has 0 spiro atoms. The Bertz CT molecular complexity index is 786. The minimum Gasteiger partial charge on any atom is -0.493 e. The molecule has 0 aliphatic heterocycles. The van der Waals surface area contributed by atoms with Crippen molar-refractivity contribution in [1.82, 2.24) is 14.7 Å². The molecule has 0 radical (unpaired) electrons. The van der Waals surface area contributed by atoms with Gasteiger partial charge in [-0.05, 0) is 30.7 Å². The molecule has 128 valence electrons. The van der Waals surface area contributed by atoms with Crippen molar-refractivity contribution in [3.63, 3.8) is 0 Å². The second kappa shape index (κ2) is 7.63. The molecule has 1 amide bonds. The minimum absolute atomic E-state index is 0.233. The molecular formula is C17H21N3O4. The molecule has 2 rings (SSSR count). The van der Waals surface area contributed by atoms with Crippen molar-refractivity contribution in [2.24, 2.45) is 7.05 Å². The molecule has 0 unspecified atom stereocenters. The fraction of sp³-hybridized carbons (Fsp3) is 0.353. The van der Waals surface area contributed by atoms with E-state index in [4.69, 9.17) is 9.47 Å². The fourth-order valence-electron chi connectivity index (χ4n) is 2.30. The summed E-state index contributed by atoms with van der Waals surface area (Å²) in [7, 11) is 4.66. The van der Waals surface area contributed by atoms with E-state index >= 15 is 0 Å².